The number of aromatic nitrogens is 1. The van der Waals surface area contributed by atoms with E-state index in [2.05, 4.69) is 40.6 Å². The van der Waals surface area contributed by atoms with Gasteiger partial charge in [-0.1, -0.05) is 29.8 Å². The lowest BCUT2D eigenvalue weighted by Gasteiger charge is -2.07. The SMILES string of the molecule is Clc1ccc(CCNCc2cccc3cnccc23)s1. The van der Waals surface area contributed by atoms with Gasteiger partial charge < -0.3 is 5.32 Å². The Morgan fingerprint density at radius 2 is 2.10 bits per heavy atom. The molecular formula is C16H15ClN2S. The van der Waals surface area contributed by atoms with E-state index in [9.17, 15) is 0 Å². The van der Waals surface area contributed by atoms with Crippen LogP contribution in [0.15, 0.2) is 48.8 Å². The first-order valence-electron chi connectivity index (χ1n) is 6.59. The lowest BCUT2D eigenvalue weighted by molar-refractivity contribution is 0.693. The highest BCUT2D eigenvalue weighted by molar-refractivity contribution is 7.16. The van der Waals surface area contributed by atoms with Crippen molar-refractivity contribution in [3.05, 3.63) is 63.6 Å². The molecule has 0 fully saturated rings. The van der Waals surface area contributed by atoms with Crippen LogP contribution >= 0.6 is 22.9 Å². The van der Waals surface area contributed by atoms with E-state index >= 15 is 0 Å². The van der Waals surface area contributed by atoms with Crippen molar-refractivity contribution in [1.82, 2.24) is 10.3 Å². The van der Waals surface area contributed by atoms with Gasteiger partial charge in [-0.3, -0.25) is 4.98 Å². The molecule has 0 amide bonds. The molecule has 0 radical (unpaired) electrons. The van der Waals surface area contributed by atoms with Crippen LogP contribution in [-0.2, 0) is 13.0 Å². The molecule has 2 nitrogen and oxygen atoms in total. The third-order valence-corrected chi connectivity index (χ3v) is 4.55. The second kappa shape index (κ2) is 6.35. The fourth-order valence-electron chi connectivity index (χ4n) is 2.26. The maximum atomic E-state index is 5.93. The van der Waals surface area contributed by atoms with E-state index in [1.54, 1.807) is 11.3 Å². The van der Waals surface area contributed by atoms with Gasteiger partial charge in [-0.15, -0.1) is 11.3 Å². The van der Waals surface area contributed by atoms with Crippen molar-refractivity contribution in [3.8, 4) is 0 Å². The van der Waals surface area contributed by atoms with Crippen LogP contribution in [0.1, 0.15) is 10.4 Å². The van der Waals surface area contributed by atoms with Crippen LogP contribution in [0, 0.1) is 0 Å². The van der Waals surface area contributed by atoms with Crippen LogP contribution in [0.3, 0.4) is 0 Å². The summed E-state index contributed by atoms with van der Waals surface area (Å²) in [4.78, 5) is 5.48. The number of nitrogens with zero attached hydrogens (tertiary/aromatic N) is 1. The minimum Gasteiger partial charge on any atom is -0.312 e. The molecule has 4 heteroatoms. The molecule has 3 aromatic rings. The molecule has 0 atom stereocenters. The Bertz CT molecular complexity index is 703. The standard InChI is InChI=1S/C16H15ClN2S/c17-16-5-4-14(20-16)6-8-18-10-12-2-1-3-13-11-19-9-7-15(12)13/h1-5,7,9,11,18H,6,8,10H2. The van der Waals surface area contributed by atoms with Gasteiger partial charge in [0.1, 0.15) is 0 Å². The van der Waals surface area contributed by atoms with E-state index in [1.807, 2.05) is 18.5 Å². The summed E-state index contributed by atoms with van der Waals surface area (Å²) in [6.07, 6.45) is 4.77. The zero-order chi connectivity index (χ0) is 13.8. The molecule has 0 unspecified atom stereocenters. The van der Waals surface area contributed by atoms with Crippen LogP contribution in [0.4, 0.5) is 0 Å². The maximum Gasteiger partial charge on any atom is 0.0931 e. The third-order valence-electron chi connectivity index (χ3n) is 3.26. The number of benzene rings is 1. The van der Waals surface area contributed by atoms with E-state index in [0.29, 0.717) is 0 Å². The smallest absolute Gasteiger partial charge is 0.0931 e. The molecule has 0 bridgehead atoms. The van der Waals surface area contributed by atoms with Crippen LogP contribution in [0.25, 0.3) is 10.8 Å². The van der Waals surface area contributed by atoms with Crippen molar-refractivity contribution < 1.29 is 0 Å². The Morgan fingerprint density at radius 1 is 1.15 bits per heavy atom. The Labute approximate surface area is 127 Å². The van der Waals surface area contributed by atoms with Crippen molar-refractivity contribution in [2.45, 2.75) is 13.0 Å². The summed E-state index contributed by atoms with van der Waals surface area (Å²) in [7, 11) is 0. The van der Waals surface area contributed by atoms with Crippen molar-refractivity contribution in [1.29, 1.82) is 0 Å². The van der Waals surface area contributed by atoms with Crippen LogP contribution in [0.5, 0.6) is 0 Å². The van der Waals surface area contributed by atoms with E-state index in [-0.39, 0.29) is 0 Å². The molecule has 0 aliphatic rings. The minimum atomic E-state index is 0.863. The normalized spacial score (nSPS) is 11.1. The average molecular weight is 303 g/mol. The quantitative estimate of drug-likeness (QED) is 0.712. The highest BCUT2D eigenvalue weighted by atomic mass is 35.5. The number of halogens is 1. The van der Waals surface area contributed by atoms with Gasteiger partial charge in [0.15, 0.2) is 0 Å². The molecular weight excluding hydrogens is 288 g/mol. The molecule has 0 aliphatic carbocycles. The van der Waals surface area contributed by atoms with Gasteiger partial charge in [-0.05, 0) is 35.6 Å². The van der Waals surface area contributed by atoms with Crippen LogP contribution in [0.2, 0.25) is 4.34 Å². The number of fused-ring (bicyclic) bond motifs is 1. The van der Waals surface area contributed by atoms with Gasteiger partial charge in [0.05, 0.1) is 4.34 Å². The van der Waals surface area contributed by atoms with Crippen LogP contribution in [-0.4, -0.2) is 11.5 Å². The van der Waals surface area contributed by atoms with Gasteiger partial charge in [-0.25, -0.2) is 0 Å². The van der Waals surface area contributed by atoms with Gasteiger partial charge in [0, 0.05) is 35.7 Å². The number of hydrogen-bond donors (Lipinski definition) is 1. The molecule has 1 N–H and O–H groups in total. The zero-order valence-corrected chi connectivity index (χ0v) is 12.5. The average Bonchev–Trinajstić information content (AvgIpc) is 2.89. The van der Waals surface area contributed by atoms with Gasteiger partial charge >= 0.3 is 0 Å². The second-order valence-corrected chi connectivity index (χ2v) is 6.45. The number of hydrogen-bond acceptors (Lipinski definition) is 3. The molecule has 1 aromatic carbocycles. The third kappa shape index (κ3) is 3.18. The van der Waals surface area contributed by atoms with Gasteiger partial charge in [0.2, 0.25) is 0 Å². The lowest BCUT2D eigenvalue weighted by Crippen LogP contribution is -2.16. The molecule has 0 aliphatic heterocycles. The first-order chi connectivity index (χ1) is 9.83. The molecule has 20 heavy (non-hydrogen) atoms. The van der Waals surface area contributed by atoms with Crippen LogP contribution < -0.4 is 5.32 Å². The molecule has 3 rings (SSSR count). The number of thiophene rings is 1. The summed E-state index contributed by atoms with van der Waals surface area (Å²) >= 11 is 7.58. The summed E-state index contributed by atoms with van der Waals surface area (Å²) in [6.45, 7) is 1.83. The highest BCUT2D eigenvalue weighted by Gasteiger charge is 2.01. The van der Waals surface area contributed by atoms with Crippen molar-refractivity contribution in [2.75, 3.05) is 6.54 Å². The largest absolute Gasteiger partial charge is 0.312 e. The topological polar surface area (TPSA) is 24.9 Å². The fourth-order valence-corrected chi connectivity index (χ4v) is 3.35. The molecule has 0 spiro atoms. The summed E-state index contributed by atoms with van der Waals surface area (Å²) in [5.74, 6) is 0. The summed E-state index contributed by atoms with van der Waals surface area (Å²) in [6, 6.07) is 12.5. The van der Waals surface area contributed by atoms with E-state index in [4.69, 9.17) is 11.6 Å². The Balaban J connectivity index is 1.60. The monoisotopic (exact) mass is 302 g/mol. The minimum absolute atomic E-state index is 0.863. The van der Waals surface area contributed by atoms with Gasteiger partial charge in [0.25, 0.3) is 0 Å². The highest BCUT2D eigenvalue weighted by Crippen LogP contribution is 2.21. The lowest BCUT2D eigenvalue weighted by atomic mass is 10.1. The maximum absolute atomic E-state index is 5.93. The fraction of sp³-hybridized carbons (Fsp3) is 0.188. The Morgan fingerprint density at radius 3 is 2.95 bits per heavy atom. The molecule has 102 valence electrons. The molecule has 0 saturated carbocycles. The van der Waals surface area contributed by atoms with Crippen molar-refractivity contribution in [2.24, 2.45) is 0 Å². The molecule has 0 saturated heterocycles. The Kier molecular flexibility index (Phi) is 4.31. The summed E-state index contributed by atoms with van der Waals surface area (Å²) in [5.41, 5.74) is 1.31. The Hall–Kier alpha value is -1.42. The first-order valence-corrected chi connectivity index (χ1v) is 7.79. The van der Waals surface area contributed by atoms with Gasteiger partial charge in [-0.2, -0.15) is 0 Å². The first kappa shape index (κ1) is 13.6. The number of nitrogens with one attached hydrogen (secondary N) is 1. The molecule has 2 heterocycles. The number of pyridine rings is 1. The molecule has 2 aromatic heterocycles. The van der Waals surface area contributed by atoms with E-state index in [0.717, 1.165) is 23.8 Å². The van der Waals surface area contributed by atoms with Crippen molar-refractivity contribution >= 4 is 33.7 Å². The van der Waals surface area contributed by atoms with E-state index < -0.39 is 0 Å². The summed E-state index contributed by atoms with van der Waals surface area (Å²) in [5, 5.41) is 5.96. The summed E-state index contributed by atoms with van der Waals surface area (Å²) < 4.78 is 0.863. The van der Waals surface area contributed by atoms with Crippen molar-refractivity contribution in [3.63, 3.8) is 0 Å². The second-order valence-electron chi connectivity index (χ2n) is 4.65. The predicted molar refractivity (Wildman–Crippen MR) is 86.5 cm³/mol. The van der Waals surface area contributed by atoms with E-state index in [1.165, 1.54) is 21.2 Å². The predicted octanol–water partition coefficient (Wildman–Crippen LogP) is 4.28. The zero-order valence-electron chi connectivity index (χ0n) is 11.0. The number of rotatable bonds is 5.